The maximum atomic E-state index is 12.2. The summed E-state index contributed by atoms with van der Waals surface area (Å²) < 4.78 is 0. The van der Waals surface area contributed by atoms with Crippen molar-refractivity contribution in [2.24, 2.45) is 5.92 Å². The number of nitrogens with one attached hydrogen (secondary N) is 3. The number of carbonyl (C=O) groups is 1. The molecular weight excluding hydrogens is 242 g/mol. The van der Waals surface area contributed by atoms with Crippen molar-refractivity contribution in [1.29, 1.82) is 0 Å². The number of aromatic nitrogens is 2. The molecular formula is C14H17N3O2. The zero-order valence-electron chi connectivity index (χ0n) is 10.7. The molecule has 0 atom stereocenters. The first kappa shape index (κ1) is 12.2. The molecule has 1 saturated heterocycles. The summed E-state index contributed by atoms with van der Waals surface area (Å²) in [4.78, 5) is 28.8. The van der Waals surface area contributed by atoms with Gasteiger partial charge in [-0.25, -0.2) is 4.79 Å². The van der Waals surface area contributed by atoms with E-state index in [9.17, 15) is 9.59 Å². The van der Waals surface area contributed by atoms with Gasteiger partial charge in [0, 0.05) is 12.0 Å². The fraction of sp³-hybridized carbons (Fsp3) is 0.429. The highest BCUT2D eigenvalue weighted by Crippen LogP contribution is 2.20. The second kappa shape index (κ2) is 5.01. The van der Waals surface area contributed by atoms with Crippen molar-refractivity contribution in [3.05, 3.63) is 34.2 Å². The lowest BCUT2D eigenvalue weighted by Crippen LogP contribution is -2.28. The van der Waals surface area contributed by atoms with Crippen molar-refractivity contribution >= 4 is 16.8 Å². The minimum Gasteiger partial charge on any atom is -0.317 e. The number of imidazole rings is 1. The van der Waals surface area contributed by atoms with E-state index in [1.807, 2.05) is 0 Å². The molecule has 1 fully saturated rings. The summed E-state index contributed by atoms with van der Waals surface area (Å²) in [6.45, 7) is 2.00. The zero-order chi connectivity index (χ0) is 13.2. The number of Topliss-reactive ketones (excluding diaryl/α,β-unsaturated/α-hetero) is 1. The SMILES string of the molecule is O=C(CC1CCNCC1)c1ccc2[nH]c(=O)[nH]c2c1. The first-order valence-corrected chi connectivity index (χ1v) is 6.68. The first-order valence-electron chi connectivity index (χ1n) is 6.68. The van der Waals surface area contributed by atoms with Gasteiger partial charge in [0.05, 0.1) is 11.0 Å². The van der Waals surface area contributed by atoms with Gasteiger partial charge in [-0.2, -0.15) is 0 Å². The Labute approximate surface area is 110 Å². The van der Waals surface area contributed by atoms with Crippen LogP contribution in [0.2, 0.25) is 0 Å². The van der Waals surface area contributed by atoms with Gasteiger partial charge in [0.25, 0.3) is 0 Å². The van der Waals surface area contributed by atoms with E-state index >= 15 is 0 Å². The topological polar surface area (TPSA) is 77.8 Å². The third kappa shape index (κ3) is 2.61. The van der Waals surface area contributed by atoms with Gasteiger partial charge in [0.15, 0.2) is 5.78 Å². The number of aromatic amines is 2. The maximum Gasteiger partial charge on any atom is 0.323 e. The second-order valence-electron chi connectivity index (χ2n) is 5.16. The monoisotopic (exact) mass is 259 g/mol. The maximum absolute atomic E-state index is 12.2. The normalized spacial score (nSPS) is 16.8. The number of rotatable bonds is 3. The fourth-order valence-electron chi connectivity index (χ4n) is 2.67. The molecule has 1 aromatic heterocycles. The molecule has 3 rings (SSSR count). The Morgan fingerprint density at radius 3 is 2.68 bits per heavy atom. The van der Waals surface area contributed by atoms with Crippen LogP contribution in [0.4, 0.5) is 0 Å². The lowest BCUT2D eigenvalue weighted by molar-refractivity contribution is 0.0952. The van der Waals surface area contributed by atoms with Crippen LogP contribution in [0.25, 0.3) is 11.0 Å². The number of H-pyrrole nitrogens is 2. The number of hydrogen-bond donors (Lipinski definition) is 3. The number of ketones is 1. The molecule has 1 aromatic carbocycles. The number of fused-ring (bicyclic) bond motifs is 1. The number of piperidine rings is 1. The van der Waals surface area contributed by atoms with Gasteiger partial charge in [0.1, 0.15) is 0 Å². The molecule has 0 amide bonds. The predicted octanol–water partition coefficient (Wildman–Crippen LogP) is 1.43. The van der Waals surface area contributed by atoms with Crippen LogP contribution in [-0.2, 0) is 0 Å². The highest BCUT2D eigenvalue weighted by molar-refractivity contribution is 5.98. The molecule has 0 aliphatic carbocycles. The van der Waals surface area contributed by atoms with Crippen molar-refractivity contribution in [2.45, 2.75) is 19.3 Å². The molecule has 0 bridgehead atoms. The number of hydrogen-bond acceptors (Lipinski definition) is 3. The smallest absolute Gasteiger partial charge is 0.317 e. The van der Waals surface area contributed by atoms with Gasteiger partial charge in [-0.15, -0.1) is 0 Å². The first-order chi connectivity index (χ1) is 9.22. The molecule has 3 N–H and O–H groups in total. The molecule has 0 unspecified atom stereocenters. The van der Waals surface area contributed by atoms with Gasteiger partial charge < -0.3 is 15.3 Å². The standard InChI is InChI=1S/C14H17N3O2/c18-13(7-9-3-5-15-6-4-9)10-1-2-11-12(8-10)17-14(19)16-11/h1-2,8-9,15H,3-7H2,(H2,16,17,19). The van der Waals surface area contributed by atoms with Crippen LogP contribution in [-0.4, -0.2) is 28.8 Å². The van der Waals surface area contributed by atoms with Crippen LogP contribution in [0.1, 0.15) is 29.6 Å². The average molecular weight is 259 g/mol. The molecule has 0 saturated carbocycles. The summed E-state index contributed by atoms with van der Waals surface area (Å²) in [7, 11) is 0. The van der Waals surface area contributed by atoms with Crippen LogP contribution < -0.4 is 11.0 Å². The predicted molar refractivity (Wildman–Crippen MR) is 73.5 cm³/mol. The molecule has 1 aliphatic heterocycles. The molecule has 100 valence electrons. The summed E-state index contributed by atoms with van der Waals surface area (Å²) in [5, 5.41) is 3.30. The summed E-state index contributed by atoms with van der Waals surface area (Å²) in [6.07, 6.45) is 2.73. The van der Waals surface area contributed by atoms with E-state index in [1.165, 1.54) is 0 Å². The van der Waals surface area contributed by atoms with Crippen molar-refractivity contribution in [2.75, 3.05) is 13.1 Å². The largest absolute Gasteiger partial charge is 0.323 e. The summed E-state index contributed by atoms with van der Waals surface area (Å²) in [6, 6.07) is 5.33. The Hall–Kier alpha value is -1.88. The van der Waals surface area contributed by atoms with Crippen LogP contribution in [0.15, 0.2) is 23.0 Å². The van der Waals surface area contributed by atoms with Gasteiger partial charge >= 0.3 is 5.69 Å². The average Bonchev–Trinajstić information content (AvgIpc) is 2.78. The molecule has 5 heteroatoms. The molecule has 1 aliphatic rings. The minimum atomic E-state index is -0.238. The molecule has 2 aromatic rings. The van der Waals surface area contributed by atoms with Crippen LogP contribution in [0.5, 0.6) is 0 Å². The van der Waals surface area contributed by atoms with E-state index in [4.69, 9.17) is 0 Å². The zero-order valence-corrected chi connectivity index (χ0v) is 10.7. The van der Waals surface area contributed by atoms with Crippen LogP contribution in [0.3, 0.4) is 0 Å². The third-order valence-electron chi connectivity index (χ3n) is 3.77. The minimum absolute atomic E-state index is 0.163. The van der Waals surface area contributed by atoms with Gasteiger partial charge in [-0.05, 0) is 50.0 Å². The van der Waals surface area contributed by atoms with E-state index in [0.717, 1.165) is 31.4 Å². The summed E-state index contributed by atoms with van der Waals surface area (Å²) in [5.74, 6) is 0.644. The van der Waals surface area contributed by atoms with E-state index in [-0.39, 0.29) is 11.5 Å². The highest BCUT2D eigenvalue weighted by atomic mass is 16.1. The van der Waals surface area contributed by atoms with E-state index in [2.05, 4.69) is 15.3 Å². The fourth-order valence-corrected chi connectivity index (χ4v) is 2.67. The van der Waals surface area contributed by atoms with Gasteiger partial charge in [0.2, 0.25) is 0 Å². The Kier molecular flexibility index (Phi) is 3.21. The van der Waals surface area contributed by atoms with E-state index < -0.39 is 0 Å². The van der Waals surface area contributed by atoms with Crippen LogP contribution >= 0.6 is 0 Å². The van der Waals surface area contributed by atoms with Crippen LogP contribution in [0, 0.1) is 5.92 Å². The van der Waals surface area contributed by atoms with Crippen molar-refractivity contribution in [1.82, 2.24) is 15.3 Å². The Bertz CT molecular complexity index is 650. The van der Waals surface area contributed by atoms with Gasteiger partial charge in [-0.1, -0.05) is 0 Å². The molecule has 5 nitrogen and oxygen atoms in total. The summed E-state index contributed by atoms with van der Waals surface area (Å²) >= 11 is 0. The molecule has 2 heterocycles. The lowest BCUT2D eigenvalue weighted by atomic mass is 9.90. The third-order valence-corrected chi connectivity index (χ3v) is 3.77. The molecule has 0 radical (unpaired) electrons. The molecule has 19 heavy (non-hydrogen) atoms. The van der Waals surface area contributed by atoms with Crippen molar-refractivity contribution < 1.29 is 4.79 Å². The lowest BCUT2D eigenvalue weighted by Gasteiger charge is -2.21. The van der Waals surface area contributed by atoms with Gasteiger partial charge in [-0.3, -0.25) is 4.79 Å². The second-order valence-corrected chi connectivity index (χ2v) is 5.16. The number of carbonyl (C=O) groups excluding carboxylic acids is 1. The van der Waals surface area contributed by atoms with E-state index in [0.29, 0.717) is 23.4 Å². The van der Waals surface area contributed by atoms with E-state index in [1.54, 1.807) is 18.2 Å². The summed E-state index contributed by atoms with van der Waals surface area (Å²) in [5.41, 5.74) is 1.88. The Morgan fingerprint density at radius 2 is 1.89 bits per heavy atom. The Morgan fingerprint density at radius 1 is 1.16 bits per heavy atom. The quantitative estimate of drug-likeness (QED) is 0.730. The molecule has 0 spiro atoms. The van der Waals surface area contributed by atoms with Crippen molar-refractivity contribution in [3.63, 3.8) is 0 Å². The number of benzene rings is 1. The highest BCUT2D eigenvalue weighted by Gasteiger charge is 2.18. The van der Waals surface area contributed by atoms with Crippen molar-refractivity contribution in [3.8, 4) is 0 Å². The Balaban J connectivity index is 1.78.